The van der Waals surface area contributed by atoms with Gasteiger partial charge < -0.3 is 9.47 Å². The molecule has 0 spiro atoms. The van der Waals surface area contributed by atoms with E-state index in [9.17, 15) is 4.79 Å². The lowest BCUT2D eigenvalue weighted by Crippen LogP contribution is -2.60. The van der Waals surface area contributed by atoms with Gasteiger partial charge >= 0.3 is 0 Å². The highest BCUT2D eigenvalue weighted by molar-refractivity contribution is 6.00. The van der Waals surface area contributed by atoms with Crippen LogP contribution in [0.25, 0.3) is 0 Å². The highest BCUT2D eigenvalue weighted by Gasteiger charge is 2.65. The first-order chi connectivity index (χ1) is 16.8. The van der Waals surface area contributed by atoms with E-state index >= 15 is 0 Å². The fraction of sp³-hybridized carbons (Fsp3) is 0.812. The Morgan fingerprint density at radius 1 is 0.944 bits per heavy atom. The standard InChI is InChI=1S/C30H46O2.C2H4O2/c1-18(2)25-21(31)17-28(5)14-11-20-19(26(25)28)9-10-23-29(20,6)15-12-22-27(3,4)24(32-8)13-16-30(22,23)7;1-4-2-3/h13,18-20,22-23H,9-12,14-17H2,1-8H3;2H,1H3. The summed E-state index contributed by atoms with van der Waals surface area (Å²) in [5.41, 5.74) is 3.86. The van der Waals surface area contributed by atoms with E-state index in [-0.39, 0.29) is 10.8 Å². The lowest BCUT2D eigenvalue weighted by molar-refractivity contribution is -0.164. The summed E-state index contributed by atoms with van der Waals surface area (Å²) >= 11 is 0. The van der Waals surface area contributed by atoms with Crippen molar-refractivity contribution in [2.75, 3.05) is 14.2 Å². The Morgan fingerprint density at radius 3 is 2.19 bits per heavy atom. The number of ether oxygens (including phenoxy) is 2. The Morgan fingerprint density at radius 2 is 1.61 bits per heavy atom. The first-order valence-electron chi connectivity index (χ1n) is 14.3. The Labute approximate surface area is 219 Å². The molecule has 0 saturated heterocycles. The summed E-state index contributed by atoms with van der Waals surface area (Å²) in [6, 6.07) is 0. The monoisotopic (exact) mass is 498 g/mol. The van der Waals surface area contributed by atoms with Crippen LogP contribution in [0.4, 0.5) is 0 Å². The Balaban J connectivity index is 0.000000709. The average molecular weight is 499 g/mol. The van der Waals surface area contributed by atoms with Crippen LogP contribution < -0.4 is 0 Å². The van der Waals surface area contributed by atoms with E-state index in [4.69, 9.17) is 9.53 Å². The van der Waals surface area contributed by atoms with Crippen LogP contribution in [0, 0.1) is 51.2 Å². The van der Waals surface area contributed by atoms with Crippen LogP contribution in [0.1, 0.15) is 99.8 Å². The van der Waals surface area contributed by atoms with Gasteiger partial charge in [-0.3, -0.25) is 9.59 Å². The molecule has 3 saturated carbocycles. The van der Waals surface area contributed by atoms with Crippen molar-refractivity contribution in [3.63, 3.8) is 0 Å². The molecule has 3 fully saturated rings. The second-order valence-corrected chi connectivity index (χ2v) is 14.2. The summed E-state index contributed by atoms with van der Waals surface area (Å²) in [4.78, 5) is 22.1. The molecule has 0 aromatic carbocycles. The van der Waals surface area contributed by atoms with Crippen molar-refractivity contribution < 1.29 is 19.1 Å². The molecule has 36 heavy (non-hydrogen) atoms. The van der Waals surface area contributed by atoms with Crippen LogP contribution in [-0.2, 0) is 19.1 Å². The van der Waals surface area contributed by atoms with Crippen LogP contribution in [-0.4, -0.2) is 26.5 Å². The molecule has 0 heterocycles. The number of fused-ring (bicyclic) bond motifs is 7. The highest BCUT2D eigenvalue weighted by Crippen LogP contribution is 2.72. The molecular formula is C32H50O4. The largest absolute Gasteiger partial charge is 0.501 e. The van der Waals surface area contributed by atoms with Crippen molar-refractivity contribution in [2.45, 2.75) is 99.8 Å². The molecule has 5 aliphatic carbocycles. The van der Waals surface area contributed by atoms with E-state index in [1.807, 2.05) is 7.11 Å². The molecule has 7 unspecified atom stereocenters. The molecule has 4 heteroatoms. The molecule has 0 amide bonds. The molecule has 0 radical (unpaired) electrons. The highest BCUT2D eigenvalue weighted by atomic mass is 16.5. The number of carbonyl (C=O) groups excluding carboxylic acids is 2. The Hall–Kier alpha value is -1.58. The van der Waals surface area contributed by atoms with Crippen LogP contribution in [0.5, 0.6) is 0 Å². The molecule has 0 N–H and O–H groups in total. The van der Waals surface area contributed by atoms with Crippen molar-refractivity contribution >= 4 is 12.3 Å². The van der Waals surface area contributed by atoms with Gasteiger partial charge in [0.05, 0.1) is 20.0 Å². The molecular weight excluding hydrogens is 448 g/mol. The molecule has 0 aromatic rings. The van der Waals surface area contributed by atoms with Crippen LogP contribution in [0.15, 0.2) is 23.0 Å². The number of carbonyl (C=O) groups is 2. The quantitative estimate of drug-likeness (QED) is 0.377. The lowest BCUT2D eigenvalue weighted by Gasteiger charge is -2.67. The van der Waals surface area contributed by atoms with Crippen LogP contribution in [0.2, 0.25) is 0 Å². The lowest BCUT2D eigenvalue weighted by atomic mass is 9.37. The molecule has 5 aliphatic rings. The van der Waals surface area contributed by atoms with Crippen LogP contribution in [0.3, 0.4) is 0 Å². The summed E-state index contributed by atoms with van der Waals surface area (Å²) in [6.45, 7) is 17.4. The topological polar surface area (TPSA) is 52.6 Å². The molecule has 7 atom stereocenters. The number of hydrogen-bond donors (Lipinski definition) is 0. The summed E-state index contributed by atoms with van der Waals surface area (Å²) in [5, 5.41) is 0. The molecule has 202 valence electrons. The fourth-order valence-electron chi connectivity index (χ4n) is 10.5. The second kappa shape index (κ2) is 9.31. The van der Waals surface area contributed by atoms with Crippen molar-refractivity contribution in [1.29, 1.82) is 0 Å². The Kier molecular flexibility index (Phi) is 7.10. The third-order valence-corrected chi connectivity index (χ3v) is 11.8. The maximum atomic E-state index is 13.1. The minimum Gasteiger partial charge on any atom is -0.501 e. The van der Waals surface area contributed by atoms with Gasteiger partial charge in [0.2, 0.25) is 0 Å². The van der Waals surface area contributed by atoms with Gasteiger partial charge in [0.15, 0.2) is 5.78 Å². The van der Waals surface area contributed by atoms with Gasteiger partial charge in [0.25, 0.3) is 6.47 Å². The maximum absolute atomic E-state index is 13.1. The minimum absolute atomic E-state index is 0.121. The molecule has 0 aliphatic heterocycles. The number of rotatable bonds is 3. The van der Waals surface area contributed by atoms with Gasteiger partial charge in [-0.05, 0) is 102 Å². The third-order valence-electron chi connectivity index (χ3n) is 11.8. The van der Waals surface area contributed by atoms with Gasteiger partial charge in [0.1, 0.15) is 0 Å². The fourth-order valence-corrected chi connectivity index (χ4v) is 10.5. The summed E-state index contributed by atoms with van der Waals surface area (Å²) < 4.78 is 9.73. The zero-order chi connectivity index (χ0) is 26.7. The third kappa shape index (κ3) is 3.83. The molecule has 0 aromatic heterocycles. The smallest absolute Gasteiger partial charge is 0.292 e. The first kappa shape index (κ1) is 27.5. The molecule has 4 nitrogen and oxygen atoms in total. The Bertz CT molecular complexity index is 957. The number of Topliss-reactive ketones (excluding diaryl/α,β-unsaturated/α-hetero) is 1. The summed E-state index contributed by atoms with van der Waals surface area (Å²) in [7, 11) is 3.17. The predicted molar refractivity (Wildman–Crippen MR) is 144 cm³/mol. The predicted octanol–water partition coefficient (Wildman–Crippen LogP) is 7.53. The van der Waals surface area contributed by atoms with Gasteiger partial charge in [-0.2, -0.15) is 0 Å². The maximum Gasteiger partial charge on any atom is 0.292 e. The van der Waals surface area contributed by atoms with Crippen molar-refractivity contribution in [2.24, 2.45) is 51.2 Å². The summed E-state index contributed by atoms with van der Waals surface area (Å²) in [5.74, 6) is 4.90. The zero-order valence-corrected chi connectivity index (χ0v) is 24.3. The van der Waals surface area contributed by atoms with Gasteiger partial charge in [-0.25, -0.2) is 0 Å². The number of hydrogen-bond acceptors (Lipinski definition) is 4. The van der Waals surface area contributed by atoms with Crippen molar-refractivity contribution in [1.82, 2.24) is 0 Å². The number of methoxy groups -OCH3 is 2. The minimum atomic E-state index is 0.121. The molecule has 0 bridgehead atoms. The SMILES string of the molecule is COC1=CCC2(C)C(CCC3(C)C4CCC5(C)CC(=O)C(C(C)C)=C5C4CCC32)C1(C)C.COC=O. The van der Waals surface area contributed by atoms with E-state index in [0.717, 1.165) is 24.7 Å². The van der Waals surface area contributed by atoms with Crippen LogP contribution >= 0.6 is 0 Å². The van der Waals surface area contributed by atoms with Gasteiger partial charge in [0, 0.05) is 11.8 Å². The van der Waals surface area contributed by atoms with Crippen molar-refractivity contribution in [3.8, 4) is 0 Å². The average Bonchev–Trinajstić information content (AvgIpc) is 3.09. The van der Waals surface area contributed by atoms with E-state index in [1.165, 1.54) is 57.0 Å². The first-order valence-corrected chi connectivity index (χ1v) is 14.3. The van der Waals surface area contributed by atoms with Gasteiger partial charge in [-0.1, -0.05) is 54.0 Å². The van der Waals surface area contributed by atoms with E-state index in [1.54, 1.807) is 5.57 Å². The summed E-state index contributed by atoms with van der Waals surface area (Å²) in [6.07, 6.45) is 12.2. The second-order valence-electron chi connectivity index (χ2n) is 14.2. The number of ketones is 1. The van der Waals surface area contributed by atoms with E-state index in [0.29, 0.717) is 40.8 Å². The zero-order valence-electron chi connectivity index (χ0n) is 24.3. The molecule has 5 rings (SSSR count). The van der Waals surface area contributed by atoms with E-state index < -0.39 is 0 Å². The van der Waals surface area contributed by atoms with E-state index in [2.05, 4.69) is 59.3 Å². The normalized spacial score (nSPS) is 42.7. The van der Waals surface area contributed by atoms with Gasteiger partial charge in [-0.15, -0.1) is 0 Å². The number of allylic oxidation sites excluding steroid dienone is 4. The van der Waals surface area contributed by atoms with Crippen molar-refractivity contribution in [3.05, 3.63) is 23.0 Å².